The Labute approximate surface area is 186 Å². The van der Waals surface area contributed by atoms with Gasteiger partial charge in [0.05, 0.1) is 10.3 Å². The van der Waals surface area contributed by atoms with Crippen LogP contribution in [-0.2, 0) is 19.1 Å². The van der Waals surface area contributed by atoms with Crippen molar-refractivity contribution in [2.75, 3.05) is 6.61 Å². The molecule has 30 heavy (non-hydrogen) atoms. The van der Waals surface area contributed by atoms with Crippen molar-refractivity contribution >= 4 is 40.7 Å². The van der Waals surface area contributed by atoms with Crippen LogP contribution in [0.25, 0.3) is 0 Å². The van der Waals surface area contributed by atoms with Gasteiger partial charge in [0.1, 0.15) is 5.60 Å². The number of aliphatic hydroxyl groups is 1. The molecule has 0 aromatic rings. The minimum Gasteiger partial charge on any atom is -0.458 e. The van der Waals surface area contributed by atoms with E-state index in [-0.39, 0.29) is 24.0 Å². The first-order valence-electron chi connectivity index (χ1n) is 10.3. The summed E-state index contributed by atoms with van der Waals surface area (Å²) in [5.74, 6) is -1.42. The Kier molecular flexibility index (Phi) is 4.93. The molecule has 0 spiro atoms. The fourth-order valence-electron chi connectivity index (χ4n) is 6.36. The summed E-state index contributed by atoms with van der Waals surface area (Å²) in [7, 11) is 0. The zero-order valence-corrected chi connectivity index (χ0v) is 18.8. The maximum absolute atomic E-state index is 12.9. The molecule has 0 radical (unpaired) electrons. The van der Waals surface area contributed by atoms with Crippen LogP contribution in [0.5, 0.6) is 0 Å². The first-order chi connectivity index (χ1) is 13.9. The lowest BCUT2D eigenvalue weighted by Crippen LogP contribution is -2.66. The number of allylic oxidation sites excluding steroid dienone is 6. The van der Waals surface area contributed by atoms with Crippen molar-refractivity contribution in [3.63, 3.8) is 0 Å². The quantitative estimate of drug-likeness (QED) is 0.523. The fourth-order valence-corrected chi connectivity index (χ4v) is 7.52. The number of ketones is 2. The number of alkyl halides is 2. The van der Waals surface area contributed by atoms with Gasteiger partial charge in [0.2, 0.25) is 5.78 Å². The van der Waals surface area contributed by atoms with E-state index in [0.717, 1.165) is 5.57 Å². The molecule has 1 N–H and O–H groups in total. The maximum Gasteiger partial charge on any atom is 0.303 e. The normalized spacial score (nSPS) is 46.5. The number of hydrogen-bond acceptors (Lipinski definition) is 5. The van der Waals surface area contributed by atoms with Gasteiger partial charge >= 0.3 is 5.97 Å². The van der Waals surface area contributed by atoms with Crippen LogP contribution in [0.15, 0.2) is 36.0 Å². The minimum atomic E-state index is -1.64. The van der Waals surface area contributed by atoms with Gasteiger partial charge in [-0.3, -0.25) is 14.4 Å². The summed E-state index contributed by atoms with van der Waals surface area (Å²) in [4.78, 5) is 35.1. The number of Topliss-reactive ketones (excluding diaryl/α,β-unsaturated/α-hetero) is 1. The van der Waals surface area contributed by atoms with Gasteiger partial charge in [-0.2, -0.15) is 0 Å². The van der Waals surface area contributed by atoms with Gasteiger partial charge in [0, 0.05) is 23.7 Å². The van der Waals surface area contributed by atoms with Gasteiger partial charge < -0.3 is 9.84 Å². The largest absolute Gasteiger partial charge is 0.458 e. The second kappa shape index (κ2) is 6.78. The summed E-state index contributed by atoms with van der Waals surface area (Å²) in [5.41, 5.74) is -2.26. The van der Waals surface area contributed by atoms with Crippen molar-refractivity contribution in [1.29, 1.82) is 0 Å². The molecule has 0 aromatic heterocycles. The van der Waals surface area contributed by atoms with E-state index in [1.807, 2.05) is 32.1 Å². The summed E-state index contributed by atoms with van der Waals surface area (Å²) >= 11 is 14.3. The molecule has 0 amide bonds. The second-order valence-corrected chi connectivity index (χ2v) is 10.6. The molecule has 4 rings (SSSR count). The maximum atomic E-state index is 12.9. The lowest BCUT2D eigenvalue weighted by molar-refractivity contribution is -0.165. The van der Waals surface area contributed by atoms with Crippen LogP contribution < -0.4 is 0 Å². The summed E-state index contributed by atoms with van der Waals surface area (Å²) in [6, 6.07) is 0. The number of halogens is 2. The Morgan fingerprint density at radius 2 is 2.00 bits per heavy atom. The van der Waals surface area contributed by atoms with Crippen molar-refractivity contribution in [2.24, 2.45) is 22.7 Å². The summed E-state index contributed by atoms with van der Waals surface area (Å²) < 4.78 is 4.89. The van der Waals surface area contributed by atoms with Gasteiger partial charge in [-0.15, -0.1) is 23.2 Å². The average Bonchev–Trinajstić information content (AvgIpc) is 2.94. The molecule has 0 aromatic carbocycles. The fraction of sp³-hybridized carbons (Fsp3) is 0.609. The Balaban J connectivity index is 1.76. The molecule has 2 saturated carbocycles. The third-order valence-corrected chi connectivity index (χ3v) is 9.70. The second-order valence-electron chi connectivity index (χ2n) is 9.49. The molecule has 0 aliphatic heterocycles. The number of esters is 1. The molecule has 7 atom stereocenters. The summed E-state index contributed by atoms with van der Waals surface area (Å²) in [5, 5.41) is 11.0. The van der Waals surface area contributed by atoms with Gasteiger partial charge in [-0.25, -0.2) is 0 Å². The van der Waals surface area contributed by atoms with Gasteiger partial charge in [-0.1, -0.05) is 32.1 Å². The molecular formula is C23H26Cl2O5. The molecule has 2 fully saturated rings. The molecule has 4 aliphatic rings. The van der Waals surface area contributed by atoms with Crippen LogP contribution in [0.1, 0.15) is 40.0 Å². The predicted octanol–water partition coefficient (Wildman–Crippen LogP) is 3.51. The van der Waals surface area contributed by atoms with E-state index < -0.39 is 45.0 Å². The third kappa shape index (κ3) is 2.61. The van der Waals surface area contributed by atoms with Gasteiger partial charge in [-0.05, 0) is 42.9 Å². The molecule has 1 unspecified atom stereocenters. The number of fused-ring (bicyclic) bond motifs is 5. The topological polar surface area (TPSA) is 80.7 Å². The van der Waals surface area contributed by atoms with E-state index in [4.69, 9.17) is 27.9 Å². The number of hydrogen-bond donors (Lipinski definition) is 1. The Morgan fingerprint density at radius 1 is 1.30 bits per heavy atom. The summed E-state index contributed by atoms with van der Waals surface area (Å²) in [6.07, 6.45) is 10.1. The van der Waals surface area contributed by atoms with E-state index in [1.165, 1.54) is 13.0 Å². The van der Waals surface area contributed by atoms with E-state index in [0.29, 0.717) is 12.8 Å². The smallest absolute Gasteiger partial charge is 0.303 e. The van der Waals surface area contributed by atoms with Crippen LogP contribution in [0.3, 0.4) is 0 Å². The van der Waals surface area contributed by atoms with E-state index in [2.05, 4.69) is 0 Å². The first-order valence-corrected chi connectivity index (χ1v) is 11.1. The van der Waals surface area contributed by atoms with Crippen LogP contribution in [0, 0.1) is 22.7 Å². The monoisotopic (exact) mass is 452 g/mol. The van der Waals surface area contributed by atoms with E-state index >= 15 is 0 Å². The highest BCUT2D eigenvalue weighted by Crippen LogP contribution is 2.70. The Morgan fingerprint density at radius 3 is 2.67 bits per heavy atom. The van der Waals surface area contributed by atoms with Crippen LogP contribution in [-0.4, -0.2) is 45.1 Å². The van der Waals surface area contributed by atoms with Gasteiger partial charge in [0.15, 0.2) is 12.4 Å². The zero-order valence-electron chi connectivity index (χ0n) is 17.3. The lowest BCUT2D eigenvalue weighted by Gasteiger charge is -2.62. The van der Waals surface area contributed by atoms with Crippen molar-refractivity contribution in [1.82, 2.24) is 0 Å². The molecule has 0 saturated heterocycles. The highest BCUT2D eigenvalue weighted by molar-refractivity contribution is 6.34. The van der Waals surface area contributed by atoms with E-state index in [9.17, 15) is 19.5 Å². The predicted molar refractivity (Wildman–Crippen MR) is 113 cm³/mol. The van der Waals surface area contributed by atoms with Crippen LogP contribution >= 0.6 is 23.2 Å². The molecule has 5 nitrogen and oxygen atoms in total. The SMILES string of the molecule is CC(=O)OCC(=O)[C@@]1(O)CC[C@H]2[C@@H]3C=CC4=CC(=O)C=C[C@]4(C)[C@@]3(Cl)C(Cl)C[C@@]21C. The molecule has 0 heterocycles. The highest BCUT2D eigenvalue weighted by Gasteiger charge is 2.72. The molecule has 162 valence electrons. The number of carbonyl (C=O) groups is 3. The molecule has 7 heteroatoms. The van der Waals surface area contributed by atoms with Crippen molar-refractivity contribution < 1.29 is 24.2 Å². The van der Waals surface area contributed by atoms with Crippen molar-refractivity contribution in [2.45, 2.75) is 55.9 Å². The highest BCUT2D eigenvalue weighted by atomic mass is 35.5. The van der Waals surface area contributed by atoms with Crippen LogP contribution in [0.2, 0.25) is 0 Å². The minimum absolute atomic E-state index is 0.0797. The first kappa shape index (κ1) is 21.8. The number of rotatable bonds is 3. The van der Waals surface area contributed by atoms with Crippen LogP contribution in [0.4, 0.5) is 0 Å². The standard InChI is InChI=1S/C23H26Cl2O5/c1-13(26)30-12-19(28)22(29)9-7-16-17-5-4-14-10-15(27)6-8-20(14,2)23(17,25)18(24)11-21(16,22)3/h4-6,8,10,16-18,29H,7,9,11-12H2,1-3H3/t16-,17-,18?,20-,21-,22-,23-/m0/s1. The van der Waals surface area contributed by atoms with Crippen molar-refractivity contribution in [3.8, 4) is 0 Å². The lowest BCUT2D eigenvalue weighted by atomic mass is 9.48. The Bertz CT molecular complexity index is 923. The Hall–Kier alpha value is -1.43. The molecule has 4 aliphatic carbocycles. The molecular weight excluding hydrogens is 427 g/mol. The van der Waals surface area contributed by atoms with E-state index in [1.54, 1.807) is 6.08 Å². The average molecular weight is 453 g/mol. The molecule has 0 bridgehead atoms. The zero-order chi connectivity index (χ0) is 22.1. The van der Waals surface area contributed by atoms with Gasteiger partial charge in [0.25, 0.3) is 0 Å². The summed E-state index contributed by atoms with van der Waals surface area (Å²) in [6.45, 7) is 4.66. The van der Waals surface area contributed by atoms with Crippen molar-refractivity contribution in [3.05, 3.63) is 36.0 Å². The number of ether oxygens (including phenoxy) is 1. The third-order valence-electron chi connectivity index (χ3n) is 8.18. The number of carbonyl (C=O) groups excluding carboxylic acids is 3.